The molecule has 0 saturated carbocycles. The van der Waals surface area contributed by atoms with E-state index in [2.05, 4.69) is 27.7 Å². The van der Waals surface area contributed by atoms with Crippen molar-refractivity contribution in [2.45, 2.75) is 32.4 Å². The Bertz CT molecular complexity index is 314. The smallest absolute Gasteiger partial charge is 0.243 e. The second-order valence-corrected chi connectivity index (χ2v) is 3.50. The largest absolute Gasteiger partial charge is 0.385 e. The standard InChI is InChI=1S/C11H18N3O/c1-15-10-4-7-14-9-8-13(11-14)6-3-2-5-12/h8-9,11H,2-4,6-7,10H2,1H3/q+1. The van der Waals surface area contributed by atoms with E-state index in [-0.39, 0.29) is 0 Å². The number of imidazole rings is 1. The Kier molecular flexibility index (Phi) is 5.49. The highest BCUT2D eigenvalue weighted by atomic mass is 16.5. The molecule has 4 heteroatoms. The number of rotatable bonds is 7. The summed E-state index contributed by atoms with van der Waals surface area (Å²) in [5, 5.41) is 8.41. The summed E-state index contributed by atoms with van der Waals surface area (Å²) in [6, 6.07) is 2.15. The van der Waals surface area contributed by atoms with E-state index in [4.69, 9.17) is 10.00 Å². The number of aryl methyl sites for hydroxylation is 2. The number of hydrogen-bond donors (Lipinski definition) is 0. The van der Waals surface area contributed by atoms with E-state index >= 15 is 0 Å². The van der Waals surface area contributed by atoms with Crippen molar-refractivity contribution in [1.82, 2.24) is 4.57 Å². The van der Waals surface area contributed by atoms with Crippen molar-refractivity contribution in [3.8, 4) is 6.07 Å². The number of methoxy groups -OCH3 is 1. The van der Waals surface area contributed by atoms with Crippen LogP contribution in [0, 0.1) is 11.3 Å². The first kappa shape index (κ1) is 11.7. The Morgan fingerprint density at radius 2 is 2.33 bits per heavy atom. The SMILES string of the molecule is COCCC[n+]1ccn(CCCC#N)c1. The third kappa shape index (κ3) is 4.61. The predicted octanol–water partition coefficient (Wildman–Crippen LogP) is 1.12. The third-order valence-corrected chi connectivity index (χ3v) is 2.22. The molecule has 0 aliphatic heterocycles. The maximum absolute atomic E-state index is 8.41. The van der Waals surface area contributed by atoms with E-state index in [1.807, 2.05) is 6.20 Å². The Labute approximate surface area is 90.7 Å². The lowest BCUT2D eigenvalue weighted by Gasteiger charge is -1.95. The molecular weight excluding hydrogens is 190 g/mol. The van der Waals surface area contributed by atoms with Crippen LogP contribution in [-0.2, 0) is 17.8 Å². The fraction of sp³-hybridized carbons (Fsp3) is 0.636. The molecule has 0 amide bonds. The van der Waals surface area contributed by atoms with Gasteiger partial charge in [-0.25, -0.2) is 9.13 Å². The molecule has 0 atom stereocenters. The van der Waals surface area contributed by atoms with Crippen molar-refractivity contribution in [3.63, 3.8) is 0 Å². The van der Waals surface area contributed by atoms with Gasteiger partial charge in [0.15, 0.2) is 0 Å². The van der Waals surface area contributed by atoms with E-state index in [1.165, 1.54) is 0 Å². The summed E-state index contributed by atoms with van der Waals surface area (Å²) in [5.41, 5.74) is 0. The number of nitrogens with zero attached hydrogens (tertiary/aromatic N) is 3. The van der Waals surface area contributed by atoms with Crippen molar-refractivity contribution in [2.24, 2.45) is 0 Å². The second-order valence-electron chi connectivity index (χ2n) is 3.50. The van der Waals surface area contributed by atoms with Gasteiger partial charge in [0.2, 0.25) is 6.33 Å². The van der Waals surface area contributed by atoms with E-state index in [9.17, 15) is 0 Å². The minimum Gasteiger partial charge on any atom is -0.385 e. The minimum atomic E-state index is 0.627. The lowest BCUT2D eigenvalue weighted by Crippen LogP contribution is -2.31. The summed E-state index contributed by atoms with van der Waals surface area (Å²) in [6.45, 7) is 2.70. The molecule has 0 bridgehead atoms. The second kappa shape index (κ2) is 7.02. The van der Waals surface area contributed by atoms with Crippen molar-refractivity contribution in [1.29, 1.82) is 5.26 Å². The molecule has 0 aliphatic carbocycles. The molecular formula is C11H18N3O+. The van der Waals surface area contributed by atoms with Gasteiger partial charge in [0.25, 0.3) is 0 Å². The quantitative estimate of drug-likeness (QED) is 0.497. The third-order valence-electron chi connectivity index (χ3n) is 2.22. The van der Waals surface area contributed by atoms with Crippen molar-refractivity contribution in [3.05, 3.63) is 18.7 Å². The van der Waals surface area contributed by atoms with Gasteiger partial charge in [0.05, 0.1) is 19.2 Å². The van der Waals surface area contributed by atoms with E-state index in [0.29, 0.717) is 6.42 Å². The molecule has 0 spiro atoms. The van der Waals surface area contributed by atoms with Gasteiger partial charge in [-0.3, -0.25) is 0 Å². The average Bonchev–Trinajstić information content (AvgIpc) is 2.67. The number of aromatic nitrogens is 2. The molecule has 0 saturated heterocycles. The summed E-state index contributed by atoms with van der Waals surface area (Å²) in [7, 11) is 1.72. The number of nitriles is 1. The number of hydrogen-bond acceptors (Lipinski definition) is 2. The van der Waals surface area contributed by atoms with Gasteiger partial charge in [0, 0.05) is 26.6 Å². The van der Waals surface area contributed by atoms with Crippen LogP contribution in [0.2, 0.25) is 0 Å². The maximum atomic E-state index is 8.41. The lowest BCUT2D eigenvalue weighted by atomic mass is 10.3. The van der Waals surface area contributed by atoms with Crippen molar-refractivity contribution < 1.29 is 9.30 Å². The zero-order valence-corrected chi connectivity index (χ0v) is 9.22. The first-order valence-corrected chi connectivity index (χ1v) is 5.27. The summed E-state index contributed by atoms with van der Waals surface area (Å²) >= 11 is 0. The number of unbranched alkanes of at least 4 members (excludes halogenated alkanes) is 1. The molecule has 82 valence electrons. The van der Waals surface area contributed by atoms with Crippen LogP contribution in [0.5, 0.6) is 0 Å². The van der Waals surface area contributed by atoms with Crippen molar-refractivity contribution >= 4 is 0 Å². The fourth-order valence-corrected chi connectivity index (χ4v) is 1.44. The van der Waals surface area contributed by atoms with Gasteiger partial charge in [-0.1, -0.05) is 0 Å². The molecule has 1 aromatic heterocycles. The molecule has 0 fully saturated rings. The highest BCUT2D eigenvalue weighted by Crippen LogP contribution is 1.93. The van der Waals surface area contributed by atoms with E-state index in [0.717, 1.165) is 32.5 Å². The lowest BCUT2D eigenvalue weighted by molar-refractivity contribution is -0.697. The van der Waals surface area contributed by atoms with E-state index < -0.39 is 0 Å². The van der Waals surface area contributed by atoms with E-state index in [1.54, 1.807) is 7.11 Å². The van der Waals surface area contributed by atoms with Crippen LogP contribution in [0.15, 0.2) is 18.7 Å². The zero-order valence-electron chi connectivity index (χ0n) is 9.22. The molecule has 15 heavy (non-hydrogen) atoms. The average molecular weight is 208 g/mol. The Hall–Kier alpha value is -1.34. The molecule has 1 heterocycles. The summed E-state index contributed by atoms with van der Waals surface area (Å²) < 4.78 is 9.25. The summed E-state index contributed by atoms with van der Waals surface area (Å²) in [5.74, 6) is 0. The minimum absolute atomic E-state index is 0.627. The highest BCUT2D eigenvalue weighted by Gasteiger charge is 2.02. The molecule has 0 N–H and O–H groups in total. The zero-order chi connectivity index (χ0) is 10.9. The fourth-order valence-electron chi connectivity index (χ4n) is 1.44. The number of ether oxygens (including phenoxy) is 1. The predicted molar refractivity (Wildman–Crippen MR) is 56.0 cm³/mol. The molecule has 0 unspecified atom stereocenters. The van der Waals surface area contributed by atoms with Gasteiger partial charge in [0.1, 0.15) is 12.4 Å². The first-order chi connectivity index (χ1) is 7.36. The van der Waals surface area contributed by atoms with Gasteiger partial charge in [-0.15, -0.1) is 0 Å². The monoisotopic (exact) mass is 208 g/mol. The molecule has 1 aromatic rings. The topological polar surface area (TPSA) is 41.8 Å². The Morgan fingerprint density at radius 1 is 1.47 bits per heavy atom. The molecule has 0 aromatic carbocycles. The van der Waals surface area contributed by atoms with Crippen molar-refractivity contribution in [2.75, 3.05) is 13.7 Å². The molecule has 0 aliphatic rings. The van der Waals surface area contributed by atoms with Crippen LogP contribution in [0.4, 0.5) is 0 Å². The van der Waals surface area contributed by atoms with Crippen LogP contribution >= 0.6 is 0 Å². The molecule has 1 rings (SSSR count). The van der Waals surface area contributed by atoms with Gasteiger partial charge < -0.3 is 4.74 Å². The Morgan fingerprint density at radius 3 is 3.07 bits per heavy atom. The summed E-state index contributed by atoms with van der Waals surface area (Å²) in [6.07, 6.45) is 8.76. The van der Waals surface area contributed by atoms with Crippen LogP contribution in [0.3, 0.4) is 0 Å². The normalized spacial score (nSPS) is 10.1. The maximum Gasteiger partial charge on any atom is 0.243 e. The highest BCUT2D eigenvalue weighted by molar-refractivity contribution is 4.71. The first-order valence-electron chi connectivity index (χ1n) is 5.27. The van der Waals surface area contributed by atoms with Crippen LogP contribution in [0.25, 0.3) is 0 Å². The van der Waals surface area contributed by atoms with Gasteiger partial charge >= 0.3 is 0 Å². The molecule has 0 radical (unpaired) electrons. The van der Waals surface area contributed by atoms with Crippen LogP contribution < -0.4 is 4.57 Å². The summed E-state index contributed by atoms with van der Waals surface area (Å²) in [4.78, 5) is 0. The van der Waals surface area contributed by atoms with Crippen LogP contribution in [0.1, 0.15) is 19.3 Å². The van der Waals surface area contributed by atoms with Gasteiger partial charge in [-0.2, -0.15) is 5.26 Å². The van der Waals surface area contributed by atoms with Gasteiger partial charge in [-0.05, 0) is 6.42 Å². The van der Waals surface area contributed by atoms with Crippen LogP contribution in [-0.4, -0.2) is 18.3 Å². The molecule has 4 nitrogen and oxygen atoms in total. The Balaban J connectivity index is 2.26.